The van der Waals surface area contributed by atoms with Gasteiger partial charge < -0.3 is 15.8 Å². The molecule has 0 spiro atoms. The number of nitrogens with two attached hydrogens (primary N) is 1. The van der Waals surface area contributed by atoms with Crippen LogP contribution in [0, 0.1) is 0 Å². The van der Waals surface area contributed by atoms with Crippen molar-refractivity contribution in [2.75, 3.05) is 26.7 Å². The van der Waals surface area contributed by atoms with Crippen LogP contribution < -0.4 is 15.8 Å². The van der Waals surface area contributed by atoms with Crippen LogP contribution >= 0.6 is 11.3 Å². The summed E-state index contributed by atoms with van der Waals surface area (Å²) >= 11 is 1.44. The van der Waals surface area contributed by atoms with Gasteiger partial charge in [-0.1, -0.05) is 0 Å². The summed E-state index contributed by atoms with van der Waals surface area (Å²) < 4.78 is 5.15. The molecule has 1 aliphatic rings. The summed E-state index contributed by atoms with van der Waals surface area (Å²) in [6.07, 6.45) is 1.60. The highest BCUT2D eigenvalue weighted by Gasteiger charge is 2.22. The van der Waals surface area contributed by atoms with Crippen LogP contribution in [0.3, 0.4) is 0 Å². The lowest BCUT2D eigenvalue weighted by atomic mass is 10.0. The highest BCUT2D eigenvalue weighted by atomic mass is 32.1. The zero-order chi connectivity index (χ0) is 18.5. The molecule has 3 N–H and O–H groups in total. The molecule has 1 aromatic heterocycles. The molecule has 0 atom stereocenters. The lowest BCUT2D eigenvalue weighted by Gasteiger charge is -2.31. The number of nitrogens with one attached hydrogen (secondary N) is 1. The molecule has 3 rings (SSSR count). The van der Waals surface area contributed by atoms with Crippen LogP contribution in [-0.2, 0) is 4.79 Å². The molecule has 1 aliphatic heterocycles. The number of piperidine rings is 1. The van der Waals surface area contributed by atoms with Crippen LogP contribution in [-0.4, -0.2) is 54.5 Å². The molecule has 1 aromatic carbocycles. The summed E-state index contributed by atoms with van der Waals surface area (Å²) in [6.45, 7) is 1.78. The lowest BCUT2D eigenvalue weighted by molar-refractivity contribution is -0.119. The largest absolute Gasteiger partial charge is 0.497 e. The van der Waals surface area contributed by atoms with Crippen molar-refractivity contribution in [1.29, 1.82) is 0 Å². The molecule has 7 nitrogen and oxygen atoms in total. The van der Waals surface area contributed by atoms with Gasteiger partial charge in [0, 0.05) is 30.1 Å². The summed E-state index contributed by atoms with van der Waals surface area (Å²) in [5, 5.41) is 5.61. The Balaban J connectivity index is 1.56. The Labute approximate surface area is 156 Å². The third kappa shape index (κ3) is 4.59. The zero-order valence-electron chi connectivity index (χ0n) is 14.6. The molecule has 0 radical (unpaired) electrons. The Bertz CT molecular complexity index is 767. The second-order valence-corrected chi connectivity index (χ2v) is 7.11. The van der Waals surface area contributed by atoms with Crippen molar-refractivity contribution in [1.82, 2.24) is 15.2 Å². The van der Waals surface area contributed by atoms with Crippen molar-refractivity contribution in [2.45, 2.75) is 18.9 Å². The van der Waals surface area contributed by atoms with Crippen LogP contribution in [0.25, 0.3) is 10.6 Å². The van der Waals surface area contributed by atoms with E-state index < -0.39 is 0 Å². The van der Waals surface area contributed by atoms with Crippen molar-refractivity contribution in [3.05, 3.63) is 35.3 Å². The lowest BCUT2D eigenvalue weighted by Crippen LogP contribution is -2.46. The summed E-state index contributed by atoms with van der Waals surface area (Å²) in [6, 6.07) is 7.69. The van der Waals surface area contributed by atoms with E-state index in [0.29, 0.717) is 5.69 Å². The summed E-state index contributed by atoms with van der Waals surface area (Å²) in [5.74, 6) is 0.307. The SMILES string of the molecule is COc1ccc(-c2nc(C(=O)NC3CCN(CC(N)=O)CC3)cs2)cc1. The molecule has 26 heavy (non-hydrogen) atoms. The number of benzene rings is 1. The highest BCUT2D eigenvalue weighted by molar-refractivity contribution is 7.13. The van der Waals surface area contributed by atoms with Gasteiger partial charge in [-0.05, 0) is 37.1 Å². The fourth-order valence-electron chi connectivity index (χ4n) is 2.96. The molecule has 2 amide bonds. The predicted molar refractivity (Wildman–Crippen MR) is 100 cm³/mol. The van der Waals surface area contributed by atoms with E-state index in [1.807, 2.05) is 29.2 Å². The minimum Gasteiger partial charge on any atom is -0.497 e. The van der Waals surface area contributed by atoms with Crippen LogP contribution in [0.15, 0.2) is 29.6 Å². The molecular formula is C18H22N4O3S. The number of nitrogens with zero attached hydrogens (tertiary/aromatic N) is 2. The molecule has 1 fully saturated rings. The number of carbonyl (C=O) groups excluding carboxylic acids is 2. The monoisotopic (exact) mass is 374 g/mol. The number of hydrogen-bond acceptors (Lipinski definition) is 6. The summed E-state index contributed by atoms with van der Waals surface area (Å²) in [4.78, 5) is 29.9. The molecule has 0 aliphatic carbocycles. The molecule has 8 heteroatoms. The standard InChI is InChI=1S/C18H22N4O3S/c1-25-14-4-2-12(3-5-14)18-21-15(11-26-18)17(24)20-13-6-8-22(9-7-13)10-16(19)23/h2-5,11,13H,6-10H2,1H3,(H2,19,23)(H,20,24). The number of methoxy groups -OCH3 is 1. The zero-order valence-corrected chi connectivity index (χ0v) is 15.4. The molecule has 1 saturated heterocycles. The second kappa shape index (κ2) is 8.29. The Hall–Kier alpha value is -2.45. The van der Waals surface area contributed by atoms with E-state index in [1.165, 1.54) is 11.3 Å². The van der Waals surface area contributed by atoms with Crippen LogP contribution in [0.5, 0.6) is 5.75 Å². The smallest absolute Gasteiger partial charge is 0.270 e. The Morgan fingerprint density at radius 2 is 2.00 bits per heavy atom. The van der Waals surface area contributed by atoms with E-state index in [0.717, 1.165) is 42.3 Å². The minimum absolute atomic E-state index is 0.0952. The average Bonchev–Trinajstić information content (AvgIpc) is 3.13. The number of rotatable bonds is 6. The number of likely N-dealkylation sites (tertiary alicyclic amines) is 1. The van der Waals surface area contributed by atoms with Gasteiger partial charge in [-0.3, -0.25) is 14.5 Å². The first-order chi connectivity index (χ1) is 12.5. The number of ether oxygens (including phenoxy) is 1. The summed E-state index contributed by atoms with van der Waals surface area (Å²) in [7, 11) is 1.62. The maximum absolute atomic E-state index is 12.4. The number of carbonyl (C=O) groups is 2. The van der Waals surface area contributed by atoms with Crippen LogP contribution in [0.2, 0.25) is 0 Å². The number of primary amides is 1. The molecule has 2 aromatic rings. The fraction of sp³-hybridized carbons (Fsp3) is 0.389. The first-order valence-electron chi connectivity index (χ1n) is 8.46. The predicted octanol–water partition coefficient (Wildman–Crippen LogP) is 1.50. The van der Waals surface area contributed by atoms with E-state index >= 15 is 0 Å². The van der Waals surface area contributed by atoms with E-state index in [-0.39, 0.29) is 24.4 Å². The second-order valence-electron chi connectivity index (χ2n) is 6.26. The molecule has 0 saturated carbocycles. The van der Waals surface area contributed by atoms with E-state index in [2.05, 4.69) is 10.3 Å². The fourth-order valence-corrected chi connectivity index (χ4v) is 3.77. The number of amides is 2. The van der Waals surface area contributed by atoms with Crippen molar-refractivity contribution in [3.63, 3.8) is 0 Å². The molecule has 0 unspecified atom stereocenters. The van der Waals surface area contributed by atoms with Crippen LogP contribution in [0.4, 0.5) is 0 Å². The first kappa shape index (κ1) is 18.3. The highest BCUT2D eigenvalue weighted by Crippen LogP contribution is 2.25. The van der Waals surface area contributed by atoms with Gasteiger partial charge in [0.2, 0.25) is 5.91 Å². The number of aromatic nitrogens is 1. The van der Waals surface area contributed by atoms with Gasteiger partial charge in [-0.2, -0.15) is 0 Å². The van der Waals surface area contributed by atoms with Gasteiger partial charge in [0.05, 0.1) is 13.7 Å². The maximum Gasteiger partial charge on any atom is 0.270 e. The Morgan fingerprint density at radius 1 is 1.31 bits per heavy atom. The van der Waals surface area contributed by atoms with Gasteiger partial charge in [0.1, 0.15) is 16.5 Å². The van der Waals surface area contributed by atoms with E-state index in [9.17, 15) is 9.59 Å². The van der Waals surface area contributed by atoms with Crippen LogP contribution in [0.1, 0.15) is 23.3 Å². The molecular weight excluding hydrogens is 352 g/mol. The minimum atomic E-state index is -0.318. The number of thiazole rings is 1. The average molecular weight is 374 g/mol. The van der Waals surface area contributed by atoms with Gasteiger partial charge in [0.15, 0.2) is 0 Å². The van der Waals surface area contributed by atoms with Crippen molar-refractivity contribution in [2.24, 2.45) is 5.73 Å². The summed E-state index contributed by atoms with van der Waals surface area (Å²) in [5.41, 5.74) is 6.60. The topological polar surface area (TPSA) is 97.6 Å². The third-order valence-corrected chi connectivity index (χ3v) is 5.27. The van der Waals surface area contributed by atoms with Crippen molar-refractivity contribution < 1.29 is 14.3 Å². The Kier molecular flexibility index (Phi) is 5.85. The van der Waals surface area contributed by atoms with E-state index in [1.54, 1.807) is 12.5 Å². The number of hydrogen-bond donors (Lipinski definition) is 2. The van der Waals surface area contributed by atoms with Gasteiger partial charge in [0.25, 0.3) is 5.91 Å². The van der Waals surface area contributed by atoms with E-state index in [4.69, 9.17) is 10.5 Å². The molecule has 0 bridgehead atoms. The normalized spacial score (nSPS) is 15.6. The quantitative estimate of drug-likeness (QED) is 0.799. The molecule has 2 heterocycles. The third-order valence-electron chi connectivity index (χ3n) is 4.38. The maximum atomic E-state index is 12.4. The van der Waals surface area contributed by atoms with Crippen molar-refractivity contribution >= 4 is 23.2 Å². The van der Waals surface area contributed by atoms with Gasteiger partial charge >= 0.3 is 0 Å². The van der Waals surface area contributed by atoms with Crippen molar-refractivity contribution in [3.8, 4) is 16.3 Å². The first-order valence-corrected chi connectivity index (χ1v) is 9.34. The molecule has 138 valence electrons. The van der Waals surface area contributed by atoms with Gasteiger partial charge in [-0.25, -0.2) is 4.98 Å². The van der Waals surface area contributed by atoms with Gasteiger partial charge in [-0.15, -0.1) is 11.3 Å². The Morgan fingerprint density at radius 3 is 2.62 bits per heavy atom.